The Morgan fingerprint density at radius 2 is 1.96 bits per heavy atom. The quantitative estimate of drug-likeness (QED) is 0.710. The van der Waals surface area contributed by atoms with Gasteiger partial charge in [0.1, 0.15) is 22.9 Å². The van der Waals surface area contributed by atoms with Crippen LogP contribution in [-0.4, -0.2) is 28.8 Å². The van der Waals surface area contributed by atoms with Crippen molar-refractivity contribution in [3.05, 3.63) is 59.4 Å². The zero-order chi connectivity index (χ0) is 17.8. The van der Waals surface area contributed by atoms with Crippen molar-refractivity contribution in [3.63, 3.8) is 0 Å². The molecule has 0 fully saturated rings. The van der Waals surface area contributed by atoms with Crippen molar-refractivity contribution >= 4 is 28.9 Å². The number of carbonyl (C=O) groups is 2. The highest BCUT2D eigenvalue weighted by Gasteiger charge is 2.12. The van der Waals surface area contributed by atoms with Crippen molar-refractivity contribution in [2.24, 2.45) is 0 Å². The summed E-state index contributed by atoms with van der Waals surface area (Å²) in [5.74, 6) is -1.03. The number of benzene rings is 1. The Morgan fingerprint density at radius 3 is 2.68 bits per heavy atom. The van der Waals surface area contributed by atoms with Crippen LogP contribution in [0.15, 0.2) is 48.7 Å². The summed E-state index contributed by atoms with van der Waals surface area (Å²) in [6, 6.07) is 10.7. The fourth-order valence-electron chi connectivity index (χ4n) is 2.15. The molecule has 0 radical (unpaired) electrons. The third-order valence-corrected chi connectivity index (χ3v) is 4.41. The van der Waals surface area contributed by atoms with Gasteiger partial charge in [-0.1, -0.05) is 0 Å². The number of hydrogen-bond acceptors (Lipinski definition) is 5. The number of nitrogens with one attached hydrogen (secondary N) is 1. The van der Waals surface area contributed by atoms with E-state index in [1.807, 2.05) is 0 Å². The molecule has 0 unspecified atom stereocenters. The smallest absolute Gasteiger partial charge is 0.348 e. The molecule has 0 aliphatic heterocycles. The molecule has 2 heterocycles. The highest BCUT2D eigenvalue weighted by molar-refractivity contribution is 7.17. The second-order valence-corrected chi connectivity index (χ2v) is 6.19. The Labute approximate surface area is 146 Å². The number of methoxy groups -OCH3 is 1. The number of anilines is 1. The van der Waals surface area contributed by atoms with Crippen molar-refractivity contribution in [2.45, 2.75) is 6.54 Å². The minimum atomic E-state index is -0.394. The molecule has 128 valence electrons. The predicted octanol–water partition coefficient (Wildman–Crippen LogP) is 3.18. The first kappa shape index (κ1) is 16.8. The molecule has 0 bridgehead atoms. The van der Waals surface area contributed by atoms with Crippen LogP contribution in [0.25, 0.3) is 10.6 Å². The average Bonchev–Trinajstić information content (AvgIpc) is 3.25. The second-order valence-electron chi connectivity index (χ2n) is 5.11. The van der Waals surface area contributed by atoms with E-state index in [4.69, 9.17) is 0 Å². The highest BCUT2D eigenvalue weighted by atomic mass is 32.1. The molecule has 2 aromatic heterocycles. The summed E-state index contributed by atoms with van der Waals surface area (Å²) < 4.78 is 19.0. The molecule has 3 aromatic rings. The maximum atomic E-state index is 12.9. The first-order chi connectivity index (χ1) is 12.0. The van der Waals surface area contributed by atoms with Crippen molar-refractivity contribution in [1.82, 2.24) is 9.78 Å². The summed E-state index contributed by atoms with van der Waals surface area (Å²) in [5.41, 5.74) is 1.18. The van der Waals surface area contributed by atoms with Crippen LogP contribution in [0.4, 0.5) is 10.1 Å². The highest BCUT2D eigenvalue weighted by Crippen LogP contribution is 2.27. The van der Waals surface area contributed by atoms with E-state index in [1.54, 1.807) is 24.4 Å². The molecular formula is C17H14FN3O3S. The van der Waals surface area contributed by atoms with E-state index >= 15 is 0 Å². The molecule has 0 saturated carbocycles. The van der Waals surface area contributed by atoms with Gasteiger partial charge in [-0.25, -0.2) is 9.18 Å². The Hall–Kier alpha value is -3.00. The molecule has 0 aliphatic carbocycles. The molecule has 6 nitrogen and oxygen atoms in total. The summed E-state index contributed by atoms with van der Waals surface area (Å²) in [5, 5.41) is 7.00. The third kappa shape index (κ3) is 4.10. The standard InChI is InChI=1S/C17H14FN3O3S/c1-24-17(23)15-7-6-14(25-15)13-8-9-21(20-13)10-16(22)19-12-4-2-11(18)3-5-12/h2-9H,10H2,1H3,(H,19,22). The van der Waals surface area contributed by atoms with Crippen LogP contribution >= 0.6 is 11.3 Å². The number of ether oxygens (including phenoxy) is 1. The van der Waals surface area contributed by atoms with E-state index in [9.17, 15) is 14.0 Å². The van der Waals surface area contributed by atoms with Gasteiger partial charge in [0.2, 0.25) is 5.91 Å². The Morgan fingerprint density at radius 1 is 1.20 bits per heavy atom. The van der Waals surface area contributed by atoms with Gasteiger partial charge < -0.3 is 10.1 Å². The Bertz CT molecular complexity index is 902. The zero-order valence-corrected chi connectivity index (χ0v) is 14.0. The summed E-state index contributed by atoms with van der Waals surface area (Å²) in [7, 11) is 1.33. The number of amides is 1. The number of esters is 1. The molecule has 0 spiro atoms. The molecule has 8 heteroatoms. The number of thiophene rings is 1. The van der Waals surface area contributed by atoms with Crippen molar-refractivity contribution in [1.29, 1.82) is 0 Å². The van der Waals surface area contributed by atoms with Gasteiger partial charge in [-0.3, -0.25) is 9.48 Å². The molecule has 1 aromatic carbocycles. The van der Waals surface area contributed by atoms with Crippen molar-refractivity contribution in [2.75, 3.05) is 12.4 Å². The van der Waals surface area contributed by atoms with E-state index in [0.29, 0.717) is 16.3 Å². The minimum absolute atomic E-state index is 0.0204. The maximum absolute atomic E-state index is 12.9. The van der Waals surface area contributed by atoms with Gasteiger partial charge in [0.15, 0.2) is 0 Å². The van der Waals surface area contributed by atoms with E-state index in [0.717, 1.165) is 4.88 Å². The van der Waals surface area contributed by atoms with Crippen LogP contribution in [0, 0.1) is 5.82 Å². The summed E-state index contributed by atoms with van der Waals surface area (Å²) >= 11 is 1.27. The molecule has 3 rings (SSSR count). The molecule has 0 saturated heterocycles. The lowest BCUT2D eigenvalue weighted by Gasteiger charge is -2.05. The maximum Gasteiger partial charge on any atom is 0.348 e. The lowest BCUT2D eigenvalue weighted by atomic mass is 10.3. The first-order valence-corrected chi connectivity index (χ1v) is 8.14. The lowest BCUT2D eigenvalue weighted by molar-refractivity contribution is -0.116. The predicted molar refractivity (Wildman–Crippen MR) is 91.9 cm³/mol. The van der Waals surface area contributed by atoms with E-state index < -0.39 is 5.97 Å². The lowest BCUT2D eigenvalue weighted by Crippen LogP contribution is -2.19. The Balaban J connectivity index is 1.65. The van der Waals surface area contributed by atoms with Crippen molar-refractivity contribution < 1.29 is 18.7 Å². The summed E-state index contributed by atoms with van der Waals surface area (Å²) in [6.45, 7) is 0.0204. The summed E-state index contributed by atoms with van der Waals surface area (Å²) in [6.07, 6.45) is 1.68. The fourth-order valence-corrected chi connectivity index (χ4v) is 3.04. The van der Waals surface area contributed by atoms with Gasteiger partial charge in [-0.05, 0) is 42.5 Å². The number of nitrogens with zero attached hydrogens (tertiary/aromatic N) is 2. The van der Waals surface area contributed by atoms with Gasteiger partial charge in [-0.15, -0.1) is 11.3 Å². The Kier molecular flexibility index (Phi) is 4.90. The largest absolute Gasteiger partial charge is 0.465 e. The third-order valence-electron chi connectivity index (χ3n) is 3.32. The monoisotopic (exact) mass is 359 g/mol. The number of rotatable bonds is 5. The fraction of sp³-hybridized carbons (Fsp3) is 0.118. The normalized spacial score (nSPS) is 10.5. The first-order valence-electron chi connectivity index (χ1n) is 7.32. The molecule has 1 amide bonds. The second kappa shape index (κ2) is 7.27. The van der Waals surface area contributed by atoms with Crippen LogP contribution in [0.1, 0.15) is 9.67 Å². The van der Waals surface area contributed by atoms with Crippen molar-refractivity contribution in [3.8, 4) is 10.6 Å². The zero-order valence-electron chi connectivity index (χ0n) is 13.2. The van der Waals surface area contributed by atoms with Crippen LogP contribution in [0.3, 0.4) is 0 Å². The molecule has 0 aliphatic rings. The van der Waals surface area contributed by atoms with Crippen LogP contribution < -0.4 is 5.32 Å². The van der Waals surface area contributed by atoms with Crippen LogP contribution in [0.2, 0.25) is 0 Å². The topological polar surface area (TPSA) is 73.2 Å². The summed E-state index contributed by atoms with van der Waals surface area (Å²) in [4.78, 5) is 24.8. The van der Waals surface area contributed by atoms with Gasteiger partial charge in [0, 0.05) is 11.9 Å². The average molecular weight is 359 g/mol. The molecule has 1 N–H and O–H groups in total. The minimum Gasteiger partial charge on any atom is -0.465 e. The number of hydrogen-bond donors (Lipinski definition) is 1. The number of carbonyl (C=O) groups excluding carboxylic acids is 2. The molecular weight excluding hydrogens is 345 g/mol. The van der Waals surface area contributed by atoms with Crippen LogP contribution in [-0.2, 0) is 16.1 Å². The van der Waals surface area contributed by atoms with E-state index in [2.05, 4.69) is 15.2 Å². The van der Waals surface area contributed by atoms with Gasteiger partial charge in [-0.2, -0.15) is 5.10 Å². The molecule has 25 heavy (non-hydrogen) atoms. The molecule has 0 atom stereocenters. The van der Waals surface area contributed by atoms with Gasteiger partial charge in [0.05, 0.1) is 12.0 Å². The van der Waals surface area contributed by atoms with E-state index in [1.165, 1.54) is 47.4 Å². The van der Waals surface area contributed by atoms with Gasteiger partial charge >= 0.3 is 5.97 Å². The van der Waals surface area contributed by atoms with E-state index in [-0.39, 0.29) is 18.3 Å². The number of halogens is 1. The van der Waals surface area contributed by atoms with Gasteiger partial charge in [0.25, 0.3) is 0 Å². The van der Waals surface area contributed by atoms with Crippen LogP contribution in [0.5, 0.6) is 0 Å². The number of aromatic nitrogens is 2. The SMILES string of the molecule is COC(=O)c1ccc(-c2ccn(CC(=O)Nc3ccc(F)cc3)n2)s1.